The van der Waals surface area contributed by atoms with Crippen molar-refractivity contribution in [2.24, 2.45) is 11.3 Å². The van der Waals surface area contributed by atoms with Crippen molar-refractivity contribution in [1.82, 2.24) is 10.2 Å². The molecular formula is C18H23FN2O3. The molecule has 0 aromatic heterocycles. The van der Waals surface area contributed by atoms with Gasteiger partial charge in [-0.25, -0.2) is 9.18 Å². The molecule has 1 aliphatic carbocycles. The second-order valence-corrected chi connectivity index (χ2v) is 7.11. The van der Waals surface area contributed by atoms with E-state index in [2.05, 4.69) is 5.32 Å². The van der Waals surface area contributed by atoms with E-state index in [9.17, 15) is 19.1 Å². The summed E-state index contributed by atoms with van der Waals surface area (Å²) in [6.07, 6.45) is 2.40. The maximum Gasteiger partial charge on any atom is 0.317 e. The molecule has 1 aromatic rings. The van der Waals surface area contributed by atoms with Crippen LogP contribution in [0.1, 0.15) is 43.4 Å². The molecule has 1 saturated carbocycles. The molecule has 1 saturated heterocycles. The number of aliphatic carboxylic acids is 1. The zero-order valence-electron chi connectivity index (χ0n) is 14.0. The fourth-order valence-electron chi connectivity index (χ4n) is 4.03. The second kappa shape index (κ2) is 6.07. The maximum atomic E-state index is 13.7. The number of benzene rings is 1. The van der Waals surface area contributed by atoms with E-state index in [4.69, 9.17) is 0 Å². The largest absolute Gasteiger partial charge is 0.481 e. The number of halogens is 1. The number of hydrogen-bond acceptors (Lipinski definition) is 2. The van der Waals surface area contributed by atoms with Crippen LogP contribution in [0.2, 0.25) is 0 Å². The van der Waals surface area contributed by atoms with Gasteiger partial charge in [0.1, 0.15) is 5.82 Å². The summed E-state index contributed by atoms with van der Waals surface area (Å²) >= 11 is 0. The Kier molecular flexibility index (Phi) is 4.24. The first-order valence-corrected chi connectivity index (χ1v) is 8.38. The highest BCUT2D eigenvalue weighted by molar-refractivity contribution is 5.80. The van der Waals surface area contributed by atoms with Gasteiger partial charge in [0.25, 0.3) is 0 Å². The smallest absolute Gasteiger partial charge is 0.317 e. The van der Waals surface area contributed by atoms with E-state index in [1.807, 2.05) is 0 Å². The minimum absolute atomic E-state index is 0.0351. The number of rotatable bonds is 3. The van der Waals surface area contributed by atoms with Gasteiger partial charge in [-0.3, -0.25) is 4.79 Å². The van der Waals surface area contributed by atoms with Crippen LogP contribution in [-0.4, -0.2) is 35.1 Å². The highest BCUT2D eigenvalue weighted by Crippen LogP contribution is 2.48. The maximum absolute atomic E-state index is 13.7. The SMILES string of the molecule is Cc1ccc(C(C)NC(=O)N2C[C@@H]3CCC[C@@]3(C(=O)O)C2)cc1F. The standard InChI is InChI=1S/C18H23FN2O3/c1-11-5-6-13(8-15(11)19)12(2)20-17(24)21-9-14-4-3-7-18(14,10-21)16(22)23/h5-6,8,12,14H,3-4,7,9-10H2,1-2H3,(H,20,24)(H,22,23)/t12?,14-,18+/m0/s1. The number of amides is 2. The third-order valence-electron chi connectivity index (χ3n) is 5.62. The number of nitrogens with one attached hydrogen (secondary N) is 1. The molecule has 2 fully saturated rings. The fraction of sp³-hybridized carbons (Fsp3) is 0.556. The molecule has 1 aliphatic heterocycles. The van der Waals surface area contributed by atoms with Crippen molar-refractivity contribution in [2.45, 2.75) is 39.2 Å². The van der Waals surface area contributed by atoms with E-state index >= 15 is 0 Å². The van der Waals surface area contributed by atoms with E-state index in [0.29, 0.717) is 24.1 Å². The summed E-state index contributed by atoms with van der Waals surface area (Å²) in [6, 6.07) is 4.29. The molecular weight excluding hydrogens is 311 g/mol. The van der Waals surface area contributed by atoms with Crippen molar-refractivity contribution in [3.63, 3.8) is 0 Å². The zero-order chi connectivity index (χ0) is 17.5. The number of carbonyl (C=O) groups excluding carboxylic acids is 1. The number of hydrogen-bond donors (Lipinski definition) is 2. The highest BCUT2D eigenvalue weighted by Gasteiger charge is 2.55. The first kappa shape index (κ1) is 16.7. The molecule has 6 heteroatoms. The Hall–Kier alpha value is -2.11. The summed E-state index contributed by atoms with van der Waals surface area (Å²) in [5, 5.41) is 12.4. The molecule has 2 N–H and O–H groups in total. The van der Waals surface area contributed by atoms with Crippen LogP contribution in [0, 0.1) is 24.1 Å². The van der Waals surface area contributed by atoms with E-state index in [1.54, 1.807) is 30.9 Å². The molecule has 1 unspecified atom stereocenters. The molecule has 2 aliphatic rings. The highest BCUT2D eigenvalue weighted by atomic mass is 19.1. The molecule has 5 nitrogen and oxygen atoms in total. The number of carbonyl (C=O) groups is 2. The quantitative estimate of drug-likeness (QED) is 0.892. The van der Waals surface area contributed by atoms with Crippen LogP contribution in [0.5, 0.6) is 0 Å². The van der Waals surface area contributed by atoms with Gasteiger partial charge in [0.15, 0.2) is 0 Å². The minimum Gasteiger partial charge on any atom is -0.481 e. The molecule has 1 aromatic carbocycles. The van der Waals surface area contributed by atoms with Crippen LogP contribution in [0.15, 0.2) is 18.2 Å². The monoisotopic (exact) mass is 334 g/mol. The summed E-state index contributed by atoms with van der Waals surface area (Å²) in [5.74, 6) is -1.06. The zero-order valence-corrected chi connectivity index (χ0v) is 14.0. The molecule has 24 heavy (non-hydrogen) atoms. The third kappa shape index (κ3) is 2.74. The van der Waals surface area contributed by atoms with Gasteiger partial charge in [-0.1, -0.05) is 18.6 Å². The Labute approximate surface area is 140 Å². The van der Waals surface area contributed by atoms with E-state index in [0.717, 1.165) is 12.8 Å². The molecule has 3 rings (SSSR count). The van der Waals surface area contributed by atoms with Gasteiger partial charge >= 0.3 is 12.0 Å². The molecule has 2 amide bonds. The first-order valence-electron chi connectivity index (χ1n) is 8.38. The van der Waals surface area contributed by atoms with Crippen LogP contribution >= 0.6 is 0 Å². The van der Waals surface area contributed by atoms with Gasteiger partial charge in [0.05, 0.1) is 11.5 Å². The number of aryl methyl sites for hydroxylation is 1. The molecule has 0 spiro atoms. The number of carboxylic acids is 1. The molecule has 130 valence electrons. The van der Waals surface area contributed by atoms with E-state index < -0.39 is 11.4 Å². The first-order chi connectivity index (χ1) is 11.3. The summed E-state index contributed by atoms with van der Waals surface area (Å²) in [4.78, 5) is 25.8. The predicted octanol–water partition coefficient (Wildman–Crippen LogP) is 3.09. The van der Waals surface area contributed by atoms with Crippen molar-refractivity contribution in [2.75, 3.05) is 13.1 Å². The summed E-state index contributed by atoms with van der Waals surface area (Å²) in [7, 11) is 0. The van der Waals surface area contributed by atoms with Gasteiger partial charge in [0.2, 0.25) is 0 Å². The number of urea groups is 1. The van der Waals surface area contributed by atoms with Crippen LogP contribution in [-0.2, 0) is 4.79 Å². The van der Waals surface area contributed by atoms with Crippen LogP contribution < -0.4 is 5.32 Å². The number of carboxylic acid groups (broad SMARTS) is 1. The summed E-state index contributed by atoms with van der Waals surface area (Å²) in [6.45, 7) is 4.23. The second-order valence-electron chi connectivity index (χ2n) is 7.11. The predicted molar refractivity (Wildman–Crippen MR) is 87.1 cm³/mol. The Morgan fingerprint density at radius 3 is 2.83 bits per heavy atom. The van der Waals surface area contributed by atoms with E-state index in [-0.39, 0.29) is 30.4 Å². The Morgan fingerprint density at radius 2 is 2.21 bits per heavy atom. The van der Waals surface area contributed by atoms with Crippen molar-refractivity contribution in [1.29, 1.82) is 0 Å². The lowest BCUT2D eigenvalue weighted by molar-refractivity contribution is -0.149. The van der Waals surface area contributed by atoms with Crippen LogP contribution in [0.25, 0.3) is 0 Å². The fourth-order valence-corrected chi connectivity index (χ4v) is 4.03. The number of fused-ring (bicyclic) bond motifs is 1. The van der Waals surface area contributed by atoms with Gasteiger partial charge in [0, 0.05) is 13.1 Å². The molecule has 3 atom stereocenters. The van der Waals surface area contributed by atoms with Crippen molar-refractivity contribution in [3.8, 4) is 0 Å². The average Bonchev–Trinajstić information content (AvgIpc) is 3.08. The third-order valence-corrected chi connectivity index (χ3v) is 5.62. The van der Waals surface area contributed by atoms with Gasteiger partial charge < -0.3 is 15.3 Å². The van der Waals surface area contributed by atoms with Crippen LogP contribution in [0.4, 0.5) is 9.18 Å². The van der Waals surface area contributed by atoms with Crippen molar-refractivity contribution < 1.29 is 19.1 Å². The lowest BCUT2D eigenvalue weighted by atomic mass is 9.81. The Balaban J connectivity index is 1.67. The van der Waals surface area contributed by atoms with E-state index in [1.165, 1.54) is 6.07 Å². The molecule has 0 radical (unpaired) electrons. The van der Waals surface area contributed by atoms with Gasteiger partial charge in [-0.2, -0.15) is 0 Å². The topological polar surface area (TPSA) is 69.6 Å². The normalized spacial score (nSPS) is 27.0. The Bertz CT molecular complexity index is 678. The summed E-state index contributed by atoms with van der Waals surface area (Å²) < 4.78 is 13.7. The van der Waals surface area contributed by atoms with Gasteiger partial charge in [-0.05, 0) is 49.8 Å². The number of likely N-dealkylation sites (tertiary alicyclic amines) is 1. The Morgan fingerprint density at radius 1 is 1.46 bits per heavy atom. The van der Waals surface area contributed by atoms with Crippen molar-refractivity contribution in [3.05, 3.63) is 35.1 Å². The minimum atomic E-state index is -0.797. The summed E-state index contributed by atoms with van der Waals surface area (Å²) in [5.41, 5.74) is 0.475. The van der Waals surface area contributed by atoms with Gasteiger partial charge in [-0.15, -0.1) is 0 Å². The lowest BCUT2D eigenvalue weighted by Crippen LogP contribution is -2.42. The molecule has 0 bridgehead atoms. The lowest BCUT2D eigenvalue weighted by Gasteiger charge is -2.24. The van der Waals surface area contributed by atoms with Crippen LogP contribution in [0.3, 0.4) is 0 Å². The molecule has 1 heterocycles. The average molecular weight is 334 g/mol. The van der Waals surface area contributed by atoms with Crippen molar-refractivity contribution >= 4 is 12.0 Å². The number of nitrogens with zero attached hydrogens (tertiary/aromatic N) is 1.